The minimum absolute atomic E-state index is 0.0948. The van der Waals surface area contributed by atoms with E-state index in [0.29, 0.717) is 0 Å². The van der Waals surface area contributed by atoms with Crippen molar-refractivity contribution < 1.29 is 127 Å². The SMILES string of the molecule is O=S(=O)(O)c1ccc([Si]23O[Si]4(c5ccccc5)O[Si]5(c6ccc(S(=O)(=O)O)cc6)O[Si](c6ccccc6)(O2)O[Si]2(c6ccc(S(=O)(=O)O)cc6)O[Si](c6ccc(S(=O)(=O)O)cc6)(O3)O[Si](c3ccc(S(=O)(=O)O)cc3)(O4)O[Si](c3ccc(S(=O)(=O)O)cc3)(O5)O2)cc1. The molecular weight excluding hydrogens is 1470 g/mol. The molecule has 6 heterocycles. The van der Waals surface area contributed by atoms with Crippen LogP contribution in [0.5, 0.6) is 0 Å². The van der Waals surface area contributed by atoms with Crippen molar-refractivity contribution in [2.24, 2.45) is 0 Å². The van der Waals surface area contributed by atoms with Crippen LogP contribution in [0, 0.1) is 0 Å². The molecule has 6 aliphatic heterocycles. The van der Waals surface area contributed by atoms with Gasteiger partial charge in [0.2, 0.25) is 0 Å². The fraction of sp³-hybridized carbons (Fsp3) is 0. The highest BCUT2D eigenvalue weighted by Crippen LogP contribution is 2.49. The summed E-state index contributed by atoms with van der Waals surface area (Å²) in [5.74, 6) is 0. The van der Waals surface area contributed by atoms with Gasteiger partial charge in [-0.25, -0.2) is 0 Å². The predicted octanol–water partition coefficient (Wildman–Crippen LogP) is -1.50. The van der Waals surface area contributed by atoms with Gasteiger partial charge in [-0.1, -0.05) is 133 Å². The largest absolute Gasteiger partial charge is 0.515 e. The Labute approximate surface area is 531 Å². The Kier molecular flexibility index (Phi) is 15.6. The van der Waals surface area contributed by atoms with E-state index in [9.17, 15) is 77.8 Å². The molecule has 6 aliphatic rings. The Balaban J connectivity index is 1.27. The van der Waals surface area contributed by atoms with Crippen molar-refractivity contribution in [3.63, 3.8) is 0 Å². The maximum atomic E-state index is 12.9. The third-order valence-corrected chi connectivity index (χ3v) is 53.8. The average Bonchev–Trinajstić information content (AvgIpc) is 0.667. The maximum absolute atomic E-state index is 12.9. The summed E-state index contributed by atoms with van der Waals surface area (Å²) in [6.07, 6.45) is 0. The van der Waals surface area contributed by atoms with E-state index in [2.05, 4.69) is 0 Å². The monoisotopic (exact) mass is 1510 g/mol. The van der Waals surface area contributed by atoms with Gasteiger partial charge in [-0.2, -0.15) is 50.5 Å². The Morgan fingerprint density at radius 2 is 0.283 bits per heavy atom. The molecule has 0 spiro atoms. The van der Waals surface area contributed by atoms with Crippen molar-refractivity contribution >= 4 is 173 Å². The second kappa shape index (κ2) is 22.0. The van der Waals surface area contributed by atoms with Crippen molar-refractivity contribution in [2.45, 2.75) is 29.4 Å². The molecule has 8 bridgehead atoms. The molecule has 8 aromatic carbocycles. The fourth-order valence-corrected chi connectivity index (χ4v) is 59.1. The molecule has 14 rings (SSSR count). The Bertz CT molecular complexity index is 4660. The molecule has 0 amide bonds. The second-order valence-electron chi connectivity index (χ2n) is 20.4. The zero-order valence-corrected chi connectivity index (χ0v) is 58.5. The lowest BCUT2D eigenvalue weighted by Gasteiger charge is -2.62. The molecule has 0 unspecified atom stereocenters. The van der Waals surface area contributed by atoms with Crippen LogP contribution in [-0.4, -0.2) is 148 Å². The zero-order chi connectivity index (χ0) is 65.6. The minimum Gasteiger partial charge on any atom is -0.366 e. The third-order valence-electron chi connectivity index (χ3n) is 14.5. The van der Waals surface area contributed by atoms with E-state index in [1.54, 1.807) is 12.1 Å². The molecular formula is C48H40O30S6Si8. The van der Waals surface area contributed by atoms with E-state index in [0.717, 1.165) is 146 Å². The molecule has 6 saturated heterocycles. The van der Waals surface area contributed by atoms with Crippen molar-refractivity contribution in [3.05, 3.63) is 206 Å². The average molecular weight is 1510 g/mol. The van der Waals surface area contributed by atoms with Gasteiger partial charge in [-0.05, 0) is 72.8 Å². The van der Waals surface area contributed by atoms with E-state index in [1.165, 1.54) is 48.5 Å². The molecule has 0 atom stereocenters. The first-order valence-electron chi connectivity index (χ1n) is 26.0. The van der Waals surface area contributed by atoms with E-state index >= 15 is 0 Å². The van der Waals surface area contributed by atoms with Crippen molar-refractivity contribution in [3.8, 4) is 0 Å². The zero-order valence-electron chi connectivity index (χ0n) is 45.6. The van der Waals surface area contributed by atoms with Gasteiger partial charge in [0.15, 0.2) is 0 Å². The van der Waals surface area contributed by atoms with E-state index in [-0.39, 0.29) is 41.5 Å². The molecule has 0 saturated carbocycles. The van der Waals surface area contributed by atoms with Crippen LogP contribution in [0.4, 0.5) is 0 Å². The summed E-state index contributed by atoms with van der Waals surface area (Å²) in [6, 6.07) is 38.3. The van der Waals surface area contributed by atoms with E-state index in [1.807, 2.05) is 0 Å². The first kappa shape index (κ1) is 65.2. The third kappa shape index (κ3) is 11.5. The maximum Gasteiger partial charge on any atom is 0.515 e. The standard InChI is InChI=1S/C48H40O30S6Si8/c49-79(50,51)35-11-23-43(24-12-35)87-67-85(41-7-3-1-4-8-41)68-88(44-25-13-36(14-26-44)80(52,53)54)70-86(69-87,42-9-5-2-6-10-42)72-90(46-29-17-38(18-30-46)82(58,59)60)77-91(73-87,47-31-19-39(20-32-47)83(61,62)63)75-89(71-85,45-27-15-37(16-28-45)81(55,56)57)76-92(74-88,78-90)48-33-21-40(22-34-48)84(64,65)66/h1-34H,(H,49,50,51)(H,52,53,54)(H,55,56,57)(H,58,59,60)(H,61,62,63)(H,64,65,66). The smallest absolute Gasteiger partial charge is 0.366 e. The quantitative estimate of drug-likeness (QED) is 0.0533. The number of hydrogen-bond donors (Lipinski definition) is 6. The highest BCUT2D eigenvalue weighted by atomic mass is 32.2. The normalized spacial score (nSPS) is 29.1. The van der Waals surface area contributed by atoms with Crippen molar-refractivity contribution in [1.29, 1.82) is 0 Å². The van der Waals surface area contributed by atoms with Crippen LogP contribution in [0.2, 0.25) is 0 Å². The van der Waals surface area contributed by atoms with Gasteiger partial charge in [0, 0.05) is 41.5 Å². The van der Waals surface area contributed by atoms with Gasteiger partial charge in [-0.15, -0.1) is 0 Å². The van der Waals surface area contributed by atoms with Crippen LogP contribution in [0.25, 0.3) is 0 Å². The van der Waals surface area contributed by atoms with Crippen LogP contribution < -0.4 is 41.5 Å². The van der Waals surface area contributed by atoms with Gasteiger partial charge in [0.05, 0.1) is 29.4 Å². The van der Waals surface area contributed by atoms with E-state index in [4.69, 9.17) is 49.4 Å². The number of rotatable bonds is 14. The highest BCUT2D eigenvalue weighted by molar-refractivity contribution is 7.87. The van der Waals surface area contributed by atoms with Crippen LogP contribution in [0.1, 0.15) is 0 Å². The van der Waals surface area contributed by atoms with Crippen molar-refractivity contribution in [2.75, 3.05) is 0 Å². The summed E-state index contributed by atoms with van der Waals surface area (Å²) >= 11 is 0. The van der Waals surface area contributed by atoms with Gasteiger partial charge in [0.1, 0.15) is 0 Å². The summed E-state index contributed by atoms with van der Waals surface area (Å²) in [7, 11) is -77.5. The van der Waals surface area contributed by atoms with Crippen molar-refractivity contribution in [1.82, 2.24) is 0 Å². The van der Waals surface area contributed by atoms with Crippen LogP contribution in [0.15, 0.2) is 236 Å². The van der Waals surface area contributed by atoms with Gasteiger partial charge < -0.3 is 49.4 Å². The molecule has 480 valence electrons. The molecule has 0 aliphatic carbocycles. The van der Waals surface area contributed by atoms with E-state index < -0.39 is 161 Å². The van der Waals surface area contributed by atoms with Crippen LogP contribution >= 0.6 is 0 Å². The minimum atomic E-state index is -6.00. The molecule has 92 heavy (non-hydrogen) atoms. The molecule has 44 heteroatoms. The van der Waals surface area contributed by atoms with Crippen LogP contribution in [0.3, 0.4) is 0 Å². The summed E-state index contributed by atoms with van der Waals surface area (Å²) in [5, 5.41) is -2.19. The molecule has 8 aromatic rings. The van der Waals surface area contributed by atoms with Gasteiger partial charge in [0.25, 0.3) is 60.7 Å². The summed E-state index contributed by atoms with van der Waals surface area (Å²) in [6.45, 7) is 0. The number of hydrogen-bond acceptors (Lipinski definition) is 24. The molecule has 0 radical (unpaired) electrons. The predicted molar refractivity (Wildman–Crippen MR) is 327 cm³/mol. The Morgan fingerprint density at radius 3 is 0.391 bits per heavy atom. The van der Waals surface area contributed by atoms with Gasteiger partial charge >= 0.3 is 70.4 Å². The fourth-order valence-electron chi connectivity index (χ4n) is 10.3. The number of benzene rings is 8. The van der Waals surface area contributed by atoms with Crippen LogP contribution in [-0.2, 0) is 110 Å². The lowest BCUT2D eigenvalue weighted by atomic mass is 10.4. The molecule has 6 N–H and O–H groups in total. The first-order valence-corrected chi connectivity index (χ1v) is 48.4. The summed E-state index contributed by atoms with van der Waals surface area (Å²) < 4.78 is 310. The topological polar surface area (TPSA) is 437 Å². The molecule has 0 aromatic heterocycles. The highest BCUT2D eigenvalue weighted by Gasteiger charge is 2.86. The Hall–Kier alpha value is -5.52. The van der Waals surface area contributed by atoms with Gasteiger partial charge in [-0.3, -0.25) is 27.3 Å². The lowest BCUT2D eigenvalue weighted by molar-refractivity contribution is -0.00314. The first-order chi connectivity index (χ1) is 43.0. The summed E-state index contributed by atoms with van der Waals surface area (Å²) in [5.41, 5.74) is 0. The molecule has 6 fully saturated rings. The molecule has 30 nitrogen and oxygen atoms in total. The lowest BCUT2D eigenvalue weighted by Crippen LogP contribution is -2.96. The Morgan fingerprint density at radius 1 is 0.174 bits per heavy atom. The second-order valence-corrected chi connectivity index (χ2v) is 52.2. The summed E-state index contributed by atoms with van der Waals surface area (Å²) in [4.78, 5) is -4.34.